The lowest BCUT2D eigenvalue weighted by Crippen LogP contribution is -2.34. The van der Waals surface area contributed by atoms with Gasteiger partial charge in [-0.3, -0.25) is 0 Å². The number of hydrogen-bond donors (Lipinski definition) is 1. The van der Waals surface area contributed by atoms with Gasteiger partial charge in [0.1, 0.15) is 5.76 Å². The Hall–Kier alpha value is -1.62. The Labute approximate surface area is 99.0 Å². The van der Waals surface area contributed by atoms with E-state index in [1.54, 1.807) is 6.26 Å². The summed E-state index contributed by atoms with van der Waals surface area (Å²) in [5, 5.41) is 4.01. The molecule has 0 unspecified atom stereocenters. The van der Waals surface area contributed by atoms with Gasteiger partial charge in [0, 0.05) is 0 Å². The van der Waals surface area contributed by atoms with E-state index in [4.69, 9.17) is 14.7 Å². The molecule has 0 saturated heterocycles. The second-order valence-electron chi connectivity index (χ2n) is 4.68. The molecule has 17 heavy (non-hydrogen) atoms. The third-order valence-electron chi connectivity index (χ3n) is 3.46. The summed E-state index contributed by atoms with van der Waals surface area (Å²) in [7, 11) is 0. The SMILES string of the molecule is Cc1occc1-c1nc(C2(N)CCCC2)no1. The van der Waals surface area contributed by atoms with E-state index < -0.39 is 5.54 Å². The summed E-state index contributed by atoms with van der Waals surface area (Å²) in [6.07, 6.45) is 5.73. The molecule has 90 valence electrons. The van der Waals surface area contributed by atoms with Crippen LogP contribution in [-0.4, -0.2) is 10.1 Å². The third kappa shape index (κ3) is 1.67. The topological polar surface area (TPSA) is 78.1 Å². The van der Waals surface area contributed by atoms with E-state index in [-0.39, 0.29) is 0 Å². The van der Waals surface area contributed by atoms with Gasteiger partial charge >= 0.3 is 0 Å². The first kappa shape index (κ1) is 10.5. The van der Waals surface area contributed by atoms with Crippen molar-refractivity contribution in [2.45, 2.75) is 38.1 Å². The van der Waals surface area contributed by atoms with Gasteiger partial charge < -0.3 is 14.7 Å². The molecule has 5 heteroatoms. The lowest BCUT2D eigenvalue weighted by Gasteiger charge is -2.17. The molecule has 0 atom stereocenters. The quantitative estimate of drug-likeness (QED) is 0.861. The Morgan fingerprint density at radius 1 is 1.35 bits per heavy atom. The van der Waals surface area contributed by atoms with Crippen LogP contribution in [0.3, 0.4) is 0 Å². The van der Waals surface area contributed by atoms with Crippen molar-refractivity contribution in [2.75, 3.05) is 0 Å². The highest BCUT2D eigenvalue weighted by atomic mass is 16.5. The van der Waals surface area contributed by atoms with Crippen LogP contribution < -0.4 is 5.73 Å². The average molecular weight is 233 g/mol. The van der Waals surface area contributed by atoms with Crippen LogP contribution in [0.15, 0.2) is 21.3 Å². The number of nitrogens with zero attached hydrogens (tertiary/aromatic N) is 2. The zero-order valence-electron chi connectivity index (χ0n) is 9.77. The molecule has 5 nitrogen and oxygen atoms in total. The van der Waals surface area contributed by atoms with Crippen molar-refractivity contribution in [1.29, 1.82) is 0 Å². The molecule has 1 aliphatic carbocycles. The largest absolute Gasteiger partial charge is 0.469 e. The minimum atomic E-state index is -0.403. The molecule has 0 aromatic carbocycles. The summed E-state index contributed by atoms with van der Waals surface area (Å²) in [5.74, 6) is 1.88. The summed E-state index contributed by atoms with van der Waals surface area (Å²) < 4.78 is 10.5. The minimum Gasteiger partial charge on any atom is -0.469 e. The molecular formula is C12H15N3O2. The fourth-order valence-corrected chi connectivity index (χ4v) is 2.37. The molecule has 2 heterocycles. The maximum atomic E-state index is 6.28. The predicted molar refractivity (Wildman–Crippen MR) is 61.1 cm³/mol. The van der Waals surface area contributed by atoms with Gasteiger partial charge in [-0.2, -0.15) is 4.98 Å². The van der Waals surface area contributed by atoms with Crippen LogP contribution in [0.1, 0.15) is 37.3 Å². The van der Waals surface area contributed by atoms with E-state index in [9.17, 15) is 0 Å². The number of nitrogens with two attached hydrogens (primary N) is 1. The maximum Gasteiger partial charge on any atom is 0.261 e. The summed E-state index contributed by atoms with van der Waals surface area (Å²) in [4.78, 5) is 4.40. The summed E-state index contributed by atoms with van der Waals surface area (Å²) in [5.41, 5.74) is 6.71. The second kappa shape index (κ2) is 3.70. The number of hydrogen-bond acceptors (Lipinski definition) is 5. The monoisotopic (exact) mass is 233 g/mol. The van der Waals surface area contributed by atoms with Crippen LogP contribution in [-0.2, 0) is 5.54 Å². The van der Waals surface area contributed by atoms with E-state index in [0.29, 0.717) is 11.7 Å². The molecule has 0 amide bonds. The summed E-state index contributed by atoms with van der Waals surface area (Å²) in [6, 6.07) is 1.82. The van der Waals surface area contributed by atoms with Gasteiger partial charge in [-0.1, -0.05) is 18.0 Å². The number of furan rings is 1. The van der Waals surface area contributed by atoms with Crippen molar-refractivity contribution in [3.8, 4) is 11.5 Å². The highest BCUT2D eigenvalue weighted by Crippen LogP contribution is 2.35. The minimum absolute atomic E-state index is 0.403. The molecule has 2 aromatic rings. The molecule has 1 saturated carbocycles. The predicted octanol–water partition coefficient (Wildman–Crippen LogP) is 2.37. The molecular weight excluding hydrogens is 218 g/mol. The van der Waals surface area contributed by atoms with Gasteiger partial charge in [0.2, 0.25) is 0 Å². The van der Waals surface area contributed by atoms with E-state index >= 15 is 0 Å². The van der Waals surface area contributed by atoms with Crippen LogP contribution in [0.4, 0.5) is 0 Å². The second-order valence-corrected chi connectivity index (χ2v) is 4.68. The van der Waals surface area contributed by atoms with Crippen molar-refractivity contribution in [3.05, 3.63) is 23.9 Å². The van der Waals surface area contributed by atoms with Crippen molar-refractivity contribution >= 4 is 0 Å². The van der Waals surface area contributed by atoms with Gasteiger partial charge in [0.25, 0.3) is 5.89 Å². The first-order valence-electron chi connectivity index (χ1n) is 5.87. The normalized spacial score (nSPS) is 18.7. The standard InChI is InChI=1S/C12H15N3O2/c1-8-9(4-7-16-8)10-14-11(15-17-10)12(13)5-2-3-6-12/h4,7H,2-3,5-6,13H2,1H3. The Morgan fingerprint density at radius 3 is 2.76 bits per heavy atom. The lowest BCUT2D eigenvalue weighted by atomic mass is 9.99. The summed E-state index contributed by atoms with van der Waals surface area (Å²) >= 11 is 0. The summed E-state index contributed by atoms with van der Waals surface area (Å²) in [6.45, 7) is 1.87. The van der Waals surface area contributed by atoms with Crippen molar-refractivity contribution in [1.82, 2.24) is 10.1 Å². The Balaban J connectivity index is 1.96. The van der Waals surface area contributed by atoms with E-state index in [1.165, 1.54) is 0 Å². The third-order valence-corrected chi connectivity index (χ3v) is 3.46. The molecule has 0 aliphatic heterocycles. The molecule has 3 rings (SSSR count). The van der Waals surface area contributed by atoms with Crippen molar-refractivity contribution in [2.24, 2.45) is 5.73 Å². The fraction of sp³-hybridized carbons (Fsp3) is 0.500. The van der Waals surface area contributed by atoms with Crippen LogP contribution in [0, 0.1) is 6.92 Å². The molecule has 0 radical (unpaired) electrons. The van der Waals surface area contributed by atoms with Crippen molar-refractivity contribution in [3.63, 3.8) is 0 Å². The van der Waals surface area contributed by atoms with E-state index in [1.807, 2.05) is 13.0 Å². The van der Waals surface area contributed by atoms with Crippen LogP contribution in [0.5, 0.6) is 0 Å². The number of rotatable bonds is 2. The number of aryl methyl sites for hydroxylation is 1. The maximum absolute atomic E-state index is 6.28. The van der Waals surface area contributed by atoms with Crippen LogP contribution in [0.25, 0.3) is 11.5 Å². The Bertz CT molecular complexity index is 523. The van der Waals surface area contributed by atoms with Gasteiger partial charge in [0.05, 0.1) is 17.4 Å². The first-order chi connectivity index (χ1) is 8.19. The number of aromatic nitrogens is 2. The molecule has 0 spiro atoms. The molecule has 2 aromatic heterocycles. The molecule has 0 bridgehead atoms. The van der Waals surface area contributed by atoms with Gasteiger partial charge in [-0.15, -0.1) is 0 Å². The van der Waals surface area contributed by atoms with Crippen LogP contribution in [0.2, 0.25) is 0 Å². The van der Waals surface area contributed by atoms with Gasteiger partial charge in [-0.25, -0.2) is 0 Å². The molecule has 1 aliphatic rings. The smallest absolute Gasteiger partial charge is 0.261 e. The fourth-order valence-electron chi connectivity index (χ4n) is 2.37. The van der Waals surface area contributed by atoms with Crippen molar-refractivity contribution < 1.29 is 8.94 Å². The zero-order chi connectivity index (χ0) is 11.9. The molecule has 1 fully saturated rings. The first-order valence-corrected chi connectivity index (χ1v) is 5.87. The van der Waals surface area contributed by atoms with E-state index in [2.05, 4.69) is 10.1 Å². The highest BCUT2D eigenvalue weighted by molar-refractivity contribution is 5.54. The Kier molecular flexibility index (Phi) is 2.29. The lowest BCUT2D eigenvalue weighted by molar-refractivity contribution is 0.372. The zero-order valence-corrected chi connectivity index (χ0v) is 9.77. The van der Waals surface area contributed by atoms with Gasteiger partial charge in [-0.05, 0) is 25.8 Å². The Morgan fingerprint density at radius 2 is 2.12 bits per heavy atom. The van der Waals surface area contributed by atoms with Gasteiger partial charge in [0.15, 0.2) is 5.82 Å². The molecule has 2 N–H and O–H groups in total. The van der Waals surface area contributed by atoms with E-state index in [0.717, 1.165) is 37.0 Å². The van der Waals surface area contributed by atoms with Crippen LogP contribution >= 0.6 is 0 Å². The highest BCUT2D eigenvalue weighted by Gasteiger charge is 2.36. The average Bonchev–Trinajstić information content (AvgIpc) is 2.97.